The van der Waals surface area contributed by atoms with Crippen molar-refractivity contribution in [2.75, 3.05) is 6.54 Å². The van der Waals surface area contributed by atoms with Crippen molar-refractivity contribution in [3.05, 3.63) is 0 Å². The number of carbonyl (C=O) groups is 8. The molecule has 0 aromatic carbocycles. The monoisotopic (exact) mass is 572 g/mol. The van der Waals surface area contributed by atoms with Gasteiger partial charge in [0.05, 0.1) is 6.54 Å². The highest BCUT2D eigenvalue weighted by Crippen LogP contribution is 1.95. The van der Waals surface area contributed by atoms with Crippen LogP contribution in [0.4, 0.5) is 0 Å². The first kappa shape index (κ1) is 35.7. The molecule has 0 aromatic rings. The number of aliphatic carboxylic acids is 1. The van der Waals surface area contributed by atoms with Gasteiger partial charge in [0, 0.05) is 0 Å². The van der Waals surface area contributed by atoms with Crippen molar-refractivity contribution < 1.29 is 43.5 Å². The Balaban J connectivity index is 4.75. The van der Waals surface area contributed by atoms with E-state index in [-0.39, 0.29) is 6.54 Å². The lowest BCUT2D eigenvalue weighted by Crippen LogP contribution is -2.57. The van der Waals surface area contributed by atoms with E-state index in [4.69, 9.17) is 10.8 Å². The van der Waals surface area contributed by atoms with Crippen molar-refractivity contribution in [3.8, 4) is 0 Å². The molecule has 0 radical (unpaired) electrons. The maximum atomic E-state index is 12.5. The Labute approximate surface area is 231 Å². The van der Waals surface area contributed by atoms with Gasteiger partial charge in [0.15, 0.2) is 0 Å². The van der Waals surface area contributed by atoms with Crippen LogP contribution in [-0.2, 0) is 38.4 Å². The summed E-state index contributed by atoms with van der Waals surface area (Å²) in [6.45, 7) is 9.09. The number of hydrogen-bond donors (Lipinski definition) is 9. The molecule has 7 amide bonds. The number of rotatable bonds is 15. The van der Waals surface area contributed by atoms with Gasteiger partial charge in [-0.2, -0.15) is 0 Å². The fourth-order valence-electron chi connectivity index (χ4n) is 2.79. The summed E-state index contributed by atoms with van der Waals surface area (Å²) in [6, 6.07) is -7.60. The minimum atomic E-state index is -1.25. The zero-order chi connectivity index (χ0) is 31.3. The molecule has 0 bridgehead atoms. The van der Waals surface area contributed by atoms with E-state index in [1.807, 2.05) is 0 Å². The zero-order valence-corrected chi connectivity index (χ0v) is 23.5. The summed E-state index contributed by atoms with van der Waals surface area (Å²) in [5, 5.41) is 25.3. The highest BCUT2D eigenvalue weighted by Gasteiger charge is 2.27. The van der Waals surface area contributed by atoms with Crippen LogP contribution in [0.3, 0.4) is 0 Å². The molecule has 0 spiro atoms. The number of carboxylic acid groups (broad SMARTS) is 1. The van der Waals surface area contributed by atoms with Crippen LogP contribution >= 0.6 is 0 Å². The van der Waals surface area contributed by atoms with Crippen molar-refractivity contribution in [2.24, 2.45) is 5.73 Å². The van der Waals surface area contributed by atoms with Gasteiger partial charge in [-0.25, -0.2) is 0 Å². The second-order valence-electron chi connectivity index (χ2n) is 9.21. The van der Waals surface area contributed by atoms with Crippen LogP contribution in [0.15, 0.2) is 0 Å². The molecule has 0 rings (SSSR count). The third-order valence-corrected chi connectivity index (χ3v) is 5.45. The number of carbonyl (C=O) groups excluding carboxylic acids is 7. The van der Waals surface area contributed by atoms with Crippen LogP contribution in [0.5, 0.6) is 0 Å². The number of hydrogen-bond acceptors (Lipinski definition) is 9. The van der Waals surface area contributed by atoms with E-state index in [1.165, 1.54) is 48.5 Å². The van der Waals surface area contributed by atoms with Crippen molar-refractivity contribution >= 4 is 47.3 Å². The molecule has 0 aliphatic rings. The first-order valence-electron chi connectivity index (χ1n) is 12.5. The van der Waals surface area contributed by atoms with Crippen molar-refractivity contribution in [1.82, 2.24) is 37.2 Å². The quantitative estimate of drug-likeness (QED) is 0.0908. The molecule has 7 atom stereocenters. The fraction of sp³-hybridized carbons (Fsp3) is 0.652. The van der Waals surface area contributed by atoms with Crippen LogP contribution in [-0.4, -0.2) is 101 Å². The Bertz CT molecular complexity index is 989. The van der Waals surface area contributed by atoms with E-state index in [2.05, 4.69) is 37.2 Å². The summed E-state index contributed by atoms with van der Waals surface area (Å²) in [4.78, 5) is 95.8. The van der Waals surface area contributed by atoms with Crippen molar-refractivity contribution in [3.63, 3.8) is 0 Å². The van der Waals surface area contributed by atoms with Gasteiger partial charge in [0.1, 0.15) is 42.3 Å². The Kier molecular flexibility index (Phi) is 14.9. The van der Waals surface area contributed by atoms with Gasteiger partial charge < -0.3 is 48.1 Å². The predicted molar refractivity (Wildman–Crippen MR) is 140 cm³/mol. The molecule has 0 fully saturated rings. The molecular weight excluding hydrogens is 532 g/mol. The van der Waals surface area contributed by atoms with Crippen molar-refractivity contribution in [1.29, 1.82) is 0 Å². The van der Waals surface area contributed by atoms with Crippen LogP contribution in [0.2, 0.25) is 0 Å². The Morgan fingerprint density at radius 3 is 0.850 bits per heavy atom. The molecule has 17 nitrogen and oxygen atoms in total. The molecular formula is C23H40N8O9. The van der Waals surface area contributed by atoms with Gasteiger partial charge in [-0.05, 0) is 48.5 Å². The van der Waals surface area contributed by atoms with Crippen molar-refractivity contribution in [2.45, 2.75) is 90.8 Å². The lowest BCUT2D eigenvalue weighted by molar-refractivity contribution is -0.141. The van der Waals surface area contributed by atoms with E-state index in [9.17, 15) is 38.4 Å². The maximum absolute atomic E-state index is 12.5. The number of nitrogens with two attached hydrogens (primary N) is 1. The summed E-state index contributed by atoms with van der Waals surface area (Å²) >= 11 is 0. The summed E-state index contributed by atoms with van der Waals surface area (Å²) in [7, 11) is 0. The van der Waals surface area contributed by atoms with E-state index >= 15 is 0 Å². The molecule has 40 heavy (non-hydrogen) atoms. The molecule has 226 valence electrons. The fourth-order valence-corrected chi connectivity index (χ4v) is 2.79. The van der Waals surface area contributed by atoms with Crippen LogP contribution in [0.25, 0.3) is 0 Å². The Morgan fingerprint density at radius 1 is 0.450 bits per heavy atom. The minimum absolute atomic E-state index is 0.309. The molecule has 0 aliphatic carbocycles. The second kappa shape index (κ2) is 16.6. The summed E-state index contributed by atoms with van der Waals surface area (Å²) in [5.41, 5.74) is 5.17. The molecule has 0 saturated heterocycles. The molecule has 10 N–H and O–H groups in total. The van der Waals surface area contributed by atoms with Gasteiger partial charge in [0.2, 0.25) is 41.4 Å². The third-order valence-electron chi connectivity index (χ3n) is 5.45. The first-order chi connectivity index (χ1) is 18.4. The lowest BCUT2D eigenvalue weighted by atomic mass is 10.2. The summed E-state index contributed by atoms with van der Waals surface area (Å²) in [5.74, 6) is -6.08. The lowest BCUT2D eigenvalue weighted by Gasteiger charge is -2.23. The summed E-state index contributed by atoms with van der Waals surface area (Å²) < 4.78 is 0. The molecule has 0 unspecified atom stereocenters. The summed E-state index contributed by atoms with van der Waals surface area (Å²) in [6.07, 6.45) is 0. The second-order valence-corrected chi connectivity index (χ2v) is 9.21. The minimum Gasteiger partial charge on any atom is -0.480 e. The largest absolute Gasteiger partial charge is 0.480 e. The SMILES string of the molecule is C[C@H](NC(=O)[C@H](C)NC(=O)[C@H](C)NC(=O)[C@H](C)NC(=O)[C@H](C)NC(=O)[C@H](C)NC(=O)[C@H](C)NC(=O)CN)C(=O)O. The predicted octanol–water partition coefficient (Wildman–Crippen LogP) is -4.44. The molecule has 0 aromatic heterocycles. The third kappa shape index (κ3) is 12.5. The van der Waals surface area contributed by atoms with E-state index in [1.54, 1.807) is 0 Å². The number of amides is 7. The Hall–Kier alpha value is -4.28. The van der Waals surface area contributed by atoms with Gasteiger partial charge in [0.25, 0.3) is 0 Å². The Morgan fingerprint density at radius 2 is 0.650 bits per heavy atom. The van der Waals surface area contributed by atoms with Gasteiger partial charge in [-0.3, -0.25) is 38.4 Å². The number of carboxylic acids is 1. The van der Waals surface area contributed by atoms with Gasteiger partial charge in [-0.1, -0.05) is 0 Å². The van der Waals surface area contributed by atoms with E-state index < -0.39 is 89.6 Å². The smallest absolute Gasteiger partial charge is 0.325 e. The van der Waals surface area contributed by atoms with Gasteiger partial charge in [-0.15, -0.1) is 0 Å². The highest BCUT2D eigenvalue weighted by atomic mass is 16.4. The first-order valence-corrected chi connectivity index (χ1v) is 12.5. The molecule has 0 aliphatic heterocycles. The number of nitrogens with one attached hydrogen (secondary N) is 7. The molecule has 17 heteroatoms. The molecule has 0 saturated carbocycles. The van der Waals surface area contributed by atoms with E-state index in [0.717, 1.165) is 0 Å². The average molecular weight is 573 g/mol. The standard InChI is InChI=1S/C23H40N8O9/c1-9(25-16(32)8-24)17(33)26-10(2)18(34)27-11(3)19(35)28-12(4)20(36)29-13(5)21(37)30-14(6)22(38)31-15(7)23(39)40/h9-15H,8,24H2,1-7H3,(H,25,32)(H,26,33)(H,27,34)(H,28,35)(H,29,36)(H,30,37)(H,31,38)(H,39,40)/t9-,10-,11-,12-,13-,14-,15-/m0/s1. The zero-order valence-electron chi connectivity index (χ0n) is 23.5. The van der Waals surface area contributed by atoms with E-state index in [0.29, 0.717) is 0 Å². The topological polar surface area (TPSA) is 267 Å². The highest BCUT2D eigenvalue weighted by molar-refractivity contribution is 5.96. The normalized spacial score (nSPS) is 15.8. The van der Waals surface area contributed by atoms with Crippen LogP contribution in [0.1, 0.15) is 48.5 Å². The average Bonchev–Trinajstić information content (AvgIpc) is 2.87. The molecule has 0 heterocycles. The van der Waals surface area contributed by atoms with Crippen LogP contribution < -0.4 is 43.0 Å². The van der Waals surface area contributed by atoms with Gasteiger partial charge >= 0.3 is 5.97 Å². The maximum Gasteiger partial charge on any atom is 0.325 e. The van der Waals surface area contributed by atoms with Crippen LogP contribution in [0, 0.1) is 0 Å².